The van der Waals surface area contributed by atoms with E-state index in [1.165, 1.54) is 0 Å². The first-order valence-electron chi connectivity index (χ1n) is 4.82. The molecule has 2 rings (SSSR count). The van der Waals surface area contributed by atoms with Gasteiger partial charge in [-0.3, -0.25) is 9.11 Å². The van der Waals surface area contributed by atoms with E-state index in [2.05, 4.69) is 0 Å². The molecule has 0 bridgehead atoms. The van der Waals surface area contributed by atoms with Crippen molar-refractivity contribution in [2.75, 3.05) is 0 Å². The molecule has 0 unspecified atom stereocenters. The van der Waals surface area contributed by atoms with Crippen molar-refractivity contribution in [3.05, 3.63) is 34.8 Å². The zero-order chi connectivity index (χ0) is 15.3. The van der Waals surface area contributed by atoms with Crippen LogP contribution >= 0.6 is 11.6 Å². The van der Waals surface area contributed by atoms with Crippen molar-refractivity contribution in [1.82, 2.24) is 0 Å². The lowest BCUT2D eigenvalue weighted by molar-refractivity contribution is -0.603. The van der Waals surface area contributed by atoms with Gasteiger partial charge < -0.3 is 5.21 Å². The zero-order valence-corrected chi connectivity index (χ0v) is 11.8. The molecule has 0 aliphatic rings. The van der Waals surface area contributed by atoms with Gasteiger partial charge in [0.25, 0.3) is 15.3 Å². The lowest BCUT2D eigenvalue weighted by atomic mass is 10.2. The van der Waals surface area contributed by atoms with Crippen LogP contribution in [-0.2, 0) is 20.2 Å². The van der Waals surface area contributed by atoms with Gasteiger partial charge in [0.2, 0.25) is 6.20 Å². The van der Waals surface area contributed by atoms with Crippen LogP contribution < -0.4 is 4.73 Å². The van der Waals surface area contributed by atoms with Crippen LogP contribution in [-0.4, -0.2) is 25.9 Å². The summed E-state index contributed by atoms with van der Waals surface area (Å²) in [7, 11) is -9.26. The zero-order valence-electron chi connectivity index (χ0n) is 9.39. The van der Waals surface area contributed by atoms with Gasteiger partial charge in [-0.15, -0.1) is 0 Å². The average Bonchev–Trinajstić information content (AvgIpc) is 2.30. The minimum atomic E-state index is -4.71. The van der Waals surface area contributed by atoms with Crippen LogP contribution in [0.2, 0.25) is 5.15 Å². The Balaban J connectivity index is 3.01. The second-order valence-corrected chi connectivity index (χ2v) is 6.94. The molecule has 2 aromatic rings. The number of aromatic nitrogens is 1. The number of rotatable bonds is 2. The summed E-state index contributed by atoms with van der Waals surface area (Å²) < 4.78 is 62.3. The lowest BCUT2D eigenvalue weighted by Gasteiger charge is -2.07. The summed E-state index contributed by atoms with van der Waals surface area (Å²) in [4.78, 5) is -1.30. The molecule has 8 nitrogen and oxygen atoms in total. The fourth-order valence-electron chi connectivity index (χ4n) is 1.63. The molecule has 1 aromatic heterocycles. The van der Waals surface area contributed by atoms with Crippen LogP contribution in [0.4, 0.5) is 0 Å². The number of nitrogens with zero attached hydrogens (tertiary/aromatic N) is 1. The van der Waals surface area contributed by atoms with E-state index in [-0.39, 0.29) is 15.5 Å². The summed E-state index contributed by atoms with van der Waals surface area (Å²) in [5.74, 6) is 0. The van der Waals surface area contributed by atoms with Gasteiger partial charge in [-0.1, -0.05) is 6.07 Å². The van der Waals surface area contributed by atoms with Crippen LogP contribution in [0.5, 0.6) is 0 Å². The fourth-order valence-corrected chi connectivity index (χ4v) is 3.02. The van der Waals surface area contributed by atoms with Crippen LogP contribution in [0.3, 0.4) is 0 Å². The minimum Gasteiger partial charge on any atom is -0.618 e. The molecule has 0 amide bonds. The van der Waals surface area contributed by atoms with E-state index in [1.807, 2.05) is 0 Å². The van der Waals surface area contributed by atoms with Crippen LogP contribution in [0, 0.1) is 5.21 Å². The van der Waals surface area contributed by atoms with Gasteiger partial charge in [0.1, 0.15) is 0 Å². The van der Waals surface area contributed by atoms with E-state index >= 15 is 0 Å². The SMILES string of the molecule is O=S(=O)(O)c1ccc2c(S(=O)(=O)O)c[n+]([O-])c(Cl)c2c1. The van der Waals surface area contributed by atoms with Crippen LogP contribution in [0.25, 0.3) is 10.8 Å². The molecule has 0 saturated heterocycles. The average molecular weight is 340 g/mol. The molecule has 11 heteroatoms. The molecule has 0 atom stereocenters. The molecular weight excluding hydrogens is 334 g/mol. The van der Waals surface area contributed by atoms with E-state index in [1.54, 1.807) is 0 Å². The molecule has 0 aliphatic carbocycles. The molecule has 0 aliphatic heterocycles. The predicted octanol–water partition coefficient (Wildman–Crippen LogP) is 0.620. The first kappa shape index (κ1) is 14.9. The Labute approximate surface area is 118 Å². The number of pyridine rings is 1. The maximum absolute atomic E-state index is 11.5. The van der Waals surface area contributed by atoms with Gasteiger partial charge >= 0.3 is 10.1 Å². The van der Waals surface area contributed by atoms with E-state index in [0.717, 1.165) is 18.2 Å². The molecule has 0 radical (unpaired) electrons. The fraction of sp³-hybridized carbons (Fsp3) is 0. The number of hydrogen-bond acceptors (Lipinski definition) is 5. The second-order valence-electron chi connectivity index (χ2n) is 3.77. The molecule has 20 heavy (non-hydrogen) atoms. The Morgan fingerprint density at radius 1 is 1.05 bits per heavy atom. The van der Waals surface area contributed by atoms with Gasteiger partial charge in [-0.25, -0.2) is 0 Å². The Kier molecular flexibility index (Phi) is 3.38. The first-order valence-corrected chi connectivity index (χ1v) is 8.08. The second kappa shape index (κ2) is 4.53. The third-order valence-corrected chi connectivity index (χ3v) is 4.58. The van der Waals surface area contributed by atoms with Gasteiger partial charge in [0.05, 0.1) is 10.3 Å². The van der Waals surface area contributed by atoms with Gasteiger partial charge in [0, 0.05) is 5.39 Å². The third-order valence-electron chi connectivity index (χ3n) is 2.48. The van der Waals surface area contributed by atoms with Crippen molar-refractivity contribution in [1.29, 1.82) is 0 Å². The van der Waals surface area contributed by atoms with E-state index in [0.29, 0.717) is 6.20 Å². The highest BCUT2D eigenvalue weighted by atomic mass is 35.5. The highest BCUT2D eigenvalue weighted by molar-refractivity contribution is 7.86. The summed E-state index contributed by atoms with van der Waals surface area (Å²) in [6.45, 7) is 0. The standard InChI is InChI=1S/C9H6ClNO7S2/c10-9-7-3-5(19(13,14)15)1-2-6(7)8(4-11(9)12)20(16,17)18/h1-4H,(H,13,14,15)(H,16,17,18). The molecule has 0 saturated carbocycles. The molecule has 1 heterocycles. The quantitative estimate of drug-likeness (QED) is 0.354. The molecule has 1 aromatic carbocycles. The maximum atomic E-state index is 11.5. The number of fused-ring (bicyclic) bond motifs is 1. The van der Waals surface area contributed by atoms with Crippen molar-refractivity contribution in [2.24, 2.45) is 0 Å². The third kappa shape index (κ3) is 2.55. The van der Waals surface area contributed by atoms with Crippen molar-refractivity contribution >= 4 is 42.6 Å². The lowest BCUT2D eigenvalue weighted by Crippen LogP contribution is -2.28. The largest absolute Gasteiger partial charge is 0.618 e. The van der Waals surface area contributed by atoms with Gasteiger partial charge in [0.15, 0.2) is 4.90 Å². The highest BCUT2D eigenvalue weighted by Crippen LogP contribution is 2.28. The van der Waals surface area contributed by atoms with E-state index in [9.17, 15) is 22.0 Å². The summed E-state index contributed by atoms with van der Waals surface area (Å²) in [6, 6.07) is 2.75. The molecule has 2 N–H and O–H groups in total. The Morgan fingerprint density at radius 3 is 2.15 bits per heavy atom. The van der Waals surface area contributed by atoms with Crippen LogP contribution in [0.1, 0.15) is 0 Å². The Bertz CT molecular complexity index is 921. The molecule has 0 fully saturated rings. The Morgan fingerprint density at radius 2 is 1.65 bits per heavy atom. The van der Waals surface area contributed by atoms with Crippen molar-refractivity contribution in [3.63, 3.8) is 0 Å². The normalized spacial score (nSPS) is 12.8. The summed E-state index contributed by atoms with van der Waals surface area (Å²) in [5, 5.41) is 10.6. The van der Waals surface area contributed by atoms with Gasteiger partial charge in [-0.2, -0.15) is 21.6 Å². The molecule has 0 spiro atoms. The predicted molar refractivity (Wildman–Crippen MR) is 67.5 cm³/mol. The monoisotopic (exact) mass is 339 g/mol. The topological polar surface area (TPSA) is 136 Å². The molecular formula is C9H6ClNO7S2. The number of benzene rings is 1. The first-order chi connectivity index (χ1) is 9.01. The van der Waals surface area contributed by atoms with E-state index in [4.69, 9.17) is 20.7 Å². The van der Waals surface area contributed by atoms with Crippen molar-refractivity contribution in [2.45, 2.75) is 9.79 Å². The van der Waals surface area contributed by atoms with Crippen molar-refractivity contribution < 1.29 is 30.7 Å². The number of halogens is 1. The van der Waals surface area contributed by atoms with Gasteiger partial charge in [-0.05, 0) is 23.7 Å². The summed E-state index contributed by atoms with van der Waals surface area (Å²) in [6.07, 6.45) is 0.549. The number of hydrogen-bond donors (Lipinski definition) is 2. The molecule has 108 valence electrons. The van der Waals surface area contributed by atoms with Crippen molar-refractivity contribution in [3.8, 4) is 0 Å². The van der Waals surface area contributed by atoms with E-state index < -0.39 is 35.2 Å². The summed E-state index contributed by atoms with van der Waals surface area (Å²) in [5.41, 5.74) is 0. The maximum Gasteiger partial charge on any atom is 0.301 e. The Hall–Kier alpha value is -1.46. The highest BCUT2D eigenvalue weighted by Gasteiger charge is 2.24. The van der Waals surface area contributed by atoms with Crippen LogP contribution in [0.15, 0.2) is 34.2 Å². The minimum absolute atomic E-state index is 0.0409. The smallest absolute Gasteiger partial charge is 0.301 e. The summed E-state index contributed by atoms with van der Waals surface area (Å²) >= 11 is 5.67.